The zero-order valence-corrected chi connectivity index (χ0v) is 14.5. The van der Waals surface area contributed by atoms with Crippen molar-refractivity contribution in [3.63, 3.8) is 0 Å². The van der Waals surface area contributed by atoms with Gasteiger partial charge < -0.3 is 15.2 Å². The summed E-state index contributed by atoms with van der Waals surface area (Å²) in [5.74, 6) is -1.71. The molecule has 0 spiro atoms. The molecule has 0 saturated heterocycles. The van der Waals surface area contributed by atoms with E-state index < -0.39 is 35.9 Å². The van der Waals surface area contributed by atoms with Gasteiger partial charge in [0.05, 0.1) is 12.5 Å². The molecule has 1 atom stereocenters. The van der Waals surface area contributed by atoms with Gasteiger partial charge in [0.25, 0.3) is 0 Å². The Morgan fingerprint density at radius 3 is 2.50 bits per heavy atom. The fourth-order valence-electron chi connectivity index (χ4n) is 1.87. The Hall–Kier alpha value is -1.63. The van der Waals surface area contributed by atoms with Crippen LogP contribution >= 0.6 is 15.9 Å². The van der Waals surface area contributed by atoms with Gasteiger partial charge in [-0.3, -0.25) is 4.79 Å². The van der Waals surface area contributed by atoms with E-state index in [1.807, 2.05) is 0 Å². The molecular formula is C15H19BrFNO4. The fraction of sp³-hybridized carbons (Fsp3) is 0.467. The Kier molecular flexibility index (Phi) is 5.93. The van der Waals surface area contributed by atoms with Gasteiger partial charge >= 0.3 is 12.1 Å². The maximum absolute atomic E-state index is 14.3. The summed E-state index contributed by atoms with van der Waals surface area (Å²) in [5.41, 5.74) is -0.283. The van der Waals surface area contributed by atoms with Crippen LogP contribution in [0.5, 0.6) is 0 Å². The second-order valence-corrected chi connectivity index (χ2v) is 6.84. The second kappa shape index (κ2) is 7.09. The van der Waals surface area contributed by atoms with Crippen molar-refractivity contribution in [3.8, 4) is 0 Å². The highest BCUT2D eigenvalue weighted by atomic mass is 79.9. The normalized spacial score (nSPS) is 12.6. The molecular weight excluding hydrogens is 357 g/mol. The molecule has 0 aliphatic rings. The third-order valence-corrected chi connectivity index (χ3v) is 3.15. The maximum atomic E-state index is 14.3. The van der Waals surface area contributed by atoms with Crippen LogP contribution in [0.25, 0.3) is 0 Å². The summed E-state index contributed by atoms with van der Waals surface area (Å²) >= 11 is 3.24. The molecule has 0 saturated carbocycles. The largest absolute Gasteiger partial charge is 0.481 e. The number of nitrogens with one attached hydrogen (secondary N) is 1. The molecule has 2 N–H and O–H groups in total. The molecule has 0 radical (unpaired) electrons. The van der Waals surface area contributed by atoms with E-state index in [-0.39, 0.29) is 5.56 Å². The number of carboxylic acids is 1. The number of aliphatic carboxylic acids is 1. The third-order valence-electron chi connectivity index (χ3n) is 2.69. The van der Waals surface area contributed by atoms with Crippen molar-refractivity contribution >= 4 is 28.0 Å². The number of carbonyl (C=O) groups excluding carboxylic acids is 1. The first-order valence-corrected chi connectivity index (χ1v) is 7.45. The van der Waals surface area contributed by atoms with Gasteiger partial charge in [-0.1, -0.05) is 15.9 Å². The molecule has 122 valence electrons. The van der Waals surface area contributed by atoms with Crippen molar-refractivity contribution in [1.82, 2.24) is 5.32 Å². The van der Waals surface area contributed by atoms with Gasteiger partial charge in [-0.15, -0.1) is 0 Å². The second-order valence-electron chi connectivity index (χ2n) is 5.92. The summed E-state index contributed by atoms with van der Waals surface area (Å²) in [6, 6.07) is 2.00. The van der Waals surface area contributed by atoms with Crippen LogP contribution in [0.15, 0.2) is 16.6 Å². The lowest BCUT2D eigenvalue weighted by Gasteiger charge is -2.24. The first-order valence-electron chi connectivity index (χ1n) is 6.66. The number of hydrogen-bond acceptors (Lipinski definition) is 3. The zero-order chi connectivity index (χ0) is 17.1. The van der Waals surface area contributed by atoms with Crippen LogP contribution < -0.4 is 5.32 Å². The van der Waals surface area contributed by atoms with Crippen LogP contribution in [-0.2, 0) is 9.53 Å². The quantitative estimate of drug-likeness (QED) is 0.835. The van der Waals surface area contributed by atoms with E-state index in [1.165, 1.54) is 6.07 Å². The number of alkyl carbamates (subject to hydrolysis) is 1. The van der Waals surface area contributed by atoms with Crippen LogP contribution in [0.1, 0.15) is 44.4 Å². The molecule has 22 heavy (non-hydrogen) atoms. The molecule has 1 aromatic rings. The van der Waals surface area contributed by atoms with E-state index in [0.717, 1.165) is 0 Å². The highest BCUT2D eigenvalue weighted by Crippen LogP contribution is 2.27. The van der Waals surface area contributed by atoms with Crippen LogP contribution in [0.4, 0.5) is 9.18 Å². The van der Waals surface area contributed by atoms with Gasteiger partial charge in [0, 0.05) is 10.0 Å². The number of aryl methyl sites for hydroxylation is 1. The number of benzene rings is 1. The minimum absolute atomic E-state index is 0.0973. The number of hydrogen-bond donors (Lipinski definition) is 2. The monoisotopic (exact) mass is 375 g/mol. The standard InChI is InChI=1S/C15H19BrFNO4/c1-8-5-9(16)6-10(13(8)17)11(7-12(19)20)18-14(21)22-15(2,3)4/h5-6,11H,7H2,1-4H3,(H,18,21)(H,19,20). The van der Waals surface area contributed by atoms with Gasteiger partial charge in [0.15, 0.2) is 0 Å². The number of halogens is 2. The van der Waals surface area contributed by atoms with Crippen LogP contribution in [0, 0.1) is 12.7 Å². The Bertz CT molecular complexity index is 584. The number of carboxylic acid groups (broad SMARTS) is 1. The van der Waals surface area contributed by atoms with Gasteiger partial charge in [-0.2, -0.15) is 0 Å². The summed E-state index contributed by atoms with van der Waals surface area (Å²) in [7, 11) is 0. The fourth-order valence-corrected chi connectivity index (χ4v) is 2.46. The molecule has 0 heterocycles. The van der Waals surface area contributed by atoms with Crippen molar-refractivity contribution < 1.29 is 23.8 Å². The predicted octanol–water partition coefficient (Wildman–Crippen LogP) is 3.94. The van der Waals surface area contributed by atoms with E-state index in [2.05, 4.69) is 21.2 Å². The lowest BCUT2D eigenvalue weighted by molar-refractivity contribution is -0.137. The topological polar surface area (TPSA) is 75.6 Å². The van der Waals surface area contributed by atoms with E-state index in [0.29, 0.717) is 10.0 Å². The Morgan fingerprint density at radius 1 is 1.41 bits per heavy atom. The number of rotatable bonds is 4. The zero-order valence-electron chi connectivity index (χ0n) is 12.9. The minimum atomic E-state index is -1.15. The molecule has 1 rings (SSSR count). The highest BCUT2D eigenvalue weighted by molar-refractivity contribution is 9.10. The van der Waals surface area contributed by atoms with E-state index >= 15 is 0 Å². The van der Waals surface area contributed by atoms with Crippen molar-refractivity contribution in [2.45, 2.75) is 45.8 Å². The molecule has 0 aliphatic carbocycles. The molecule has 1 unspecified atom stereocenters. The summed E-state index contributed by atoms with van der Waals surface area (Å²) < 4.78 is 20.0. The van der Waals surface area contributed by atoms with Crippen molar-refractivity contribution in [1.29, 1.82) is 0 Å². The number of carbonyl (C=O) groups is 2. The third kappa shape index (κ3) is 5.63. The van der Waals surface area contributed by atoms with Crippen molar-refractivity contribution in [3.05, 3.63) is 33.5 Å². The lowest BCUT2D eigenvalue weighted by atomic mass is 10.0. The van der Waals surface area contributed by atoms with Crippen LogP contribution in [0.2, 0.25) is 0 Å². The lowest BCUT2D eigenvalue weighted by Crippen LogP contribution is -2.36. The van der Waals surface area contributed by atoms with Crippen molar-refractivity contribution in [2.24, 2.45) is 0 Å². The average molecular weight is 376 g/mol. The first kappa shape index (κ1) is 18.4. The predicted molar refractivity (Wildman–Crippen MR) is 83.2 cm³/mol. The van der Waals surface area contributed by atoms with Crippen LogP contribution in [-0.4, -0.2) is 22.8 Å². The molecule has 7 heteroatoms. The van der Waals surface area contributed by atoms with Gasteiger partial charge in [-0.25, -0.2) is 9.18 Å². The Labute approximate surface area is 137 Å². The summed E-state index contributed by atoms with van der Waals surface area (Å²) in [6.07, 6.45) is -1.25. The van der Waals surface area contributed by atoms with Crippen LogP contribution in [0.3, 0.4) is 0 Å². The Morgan fingerprint density at radius 2 is 2.00 bits per heavy atom. The SMILES string of the molecule is Cc1cc(Br)cc(C(CC(=O)O)NC(=O)OC(C)(C)C)c1F. The van der Waals surface area contributed by atoms with Crippen molar-refractivity contribution in [2.75, 3.05) is 0 Å². The van der Waals surface area contributed by atoms with E-state index in [1.54, 1.807) is 33.8 Å². The minimum Gasteiger partial charge on any atom is -0.481 e. The highest BCUT2D eigenvalue weighted by Gasteiger charge is 2.25. The Balaban J connectivity index is 3.09. The molecule has 0 aromatic heterocycles. The molecule has 0 fully saturated rings. The average Bonchev–Trinajstić information content (AvgIpc) is 2.29. The molecule has 0 aliphatic heterocycles. The summed E-state index contributed by atoms with van der Waals surface area (Å²) in [5, 5.41) is 11.4. The van der Waals surface area contributed by atoms with Gasteiger partial charge in [-0.05, 0) is 45.4 Å². The summed E-state index contributed by atoms with van der Waals surface area (Å²) in [4.78, 5) is 22.8. The molecule has 0 bridgehead atoms. The van der Waals surface area contributed by atoms with E-state index in [4.69, 9.17) is 9.84 Å². The smallest absolute Gasteiger partial charge is 0.408 e. The number of amides is 1. The molecule has 1 aromatic carbocycles. The summed E-state index contributed by atoms with van der Waals surface area (Å²) in [6.45, 7) is 6.61. The van der Waals surface area contributed by atoms with E-state index in [9.17, 15) is 14.0 Å². The van der Waals surface area contributed by atoms with Gasteiger partial charge in [0.1, 0.15) is 11.4 Å². The maximum Gasteiger partial charge on any atom is 0.408 e. The molecule has 1 amide bonds. The molecule has 5 nitrogen and oxygen atoms in total. The number of ether oxygens (including phenoxy) is 1. The van der Waals surface area contributed by atoms with Gasteiger partial charge in [0.2, 0.25) is 0 Å². The first-order chi connectivity index (χ1) is 9.99.